The fourth-order valence-electron chi connectivity index (χ4n) is 7.48. The van der Waals surface area contributed by atoms with Crippen molar-refractivity contribution in [3.8, 4) is 0 Å². The molecule has 2 aliphatic rings. The Labute approximate surface area is 353 Å². The number of nitrogens with two attached hydrogens (primary N) is 2. The van der Waals surface area contributed by atoms with Gasteiger partial charge in [0.15, 0.2) is 5.96 Å². The Morgan fingerprint density at radius 3 is 1.70 bits per heavy atom. The summed E-state index contributed by atoms with van der Waals surface area (Å²) in [6.07, 6.45) is 2.04. The largest absolute Gasteiger partial charge is 0.391 e. The highest BCUT2D eigenvalue weighted by Crippen LogP contribution is 2.23. The zero-order valence-electron chi connectivity index (χ0n) is 36.7. The van der Waals surface area contributed by atoms with E-state index in [2.05, 4.69) is 36.9 Å². The molecule has 0 aliphatic carbocycles. The van der Waals surface area contributed by atoms with Crippen LogP contribution in [0.3, 0.4) is 0 Å². The third-order valence-corrected chi connectivity index (χ3v) is 10.9. The molecule has 0 aromatic heterocycles. The first kappa shape index (κ1) is 51.1. The number of aliphatic hydroxyl groups is 1. The summed E-state index contributed by atoms with van der Waals surface area (Å²) in [5.41, 5.74) is 11.0. The van der Waals surface area contributed by atoms with Gasteiger partial charge in [-0.3, -0.25) is 43.3 Å². The zero-order valence-corrected chi connectivity index (χ0v) is 36.7. The van der Waals surface area contributed by atoms with Crippen LogP contribution in [-0.4, -0.2) is 143 Å². The molecule has 0 radical (unpaired) electrons. The SMILES string of the molecule is CCC[C@H](NC(=O)[C@@H](NC(=O)[C@H](NC(=O)[C@@H](NC(C)=O)C(C)C)[C@@H](C)CC)[C@@H](C)O)C(=O)N1CCC[C@H]1C(=O)N[C@@H](CCCN=C(N)N)C(=O)N1CCC[C@H]1C(=O)NCC. The maximum absolute atomic E-state index is 14.2. The molecule has 0 bridgehead atoms. The molecule has 0 unspecified atom stereocenters. The summed E-state index contributed by atoms with van der Waals surface area (Å²) >= 11 is 0. The lowest BCUT2D eigenvalue weighted by atomic mass is 9.96. The van der Waals surface area contributed by atoms with E-state index in [1.54, 1.807) is 27.7 Å². The normalized spacial score (nSPS) is 19.8. The quantitative estimate of drug-likeness (QED) is 0.0323. The second-order valence-corrected chi connectivity index (χ2v) is 16.2. The van der Waals surface area contributed by atoms with E-state index in [-0.39, 0.29) is 43.7 Å². The third kappa shape index (κ3) is 14.9. The molecule has 2 aliphatic heterocycles. The average molecular weight is 850 g/mol. The van der Waals surface area contributed by atoms with E-state index in [0.717, 1.165) is 0 Å². The Morgan fingerprint density at radius 2 is 1.22 bits per heavy atom. The monoisotopic (exact) mass is 850 g/mol. The number of carbonyl (C=O) groups excluding carboxylic acids is 8. The second kappa shape index (κ2) is 24.9. The minimum atomic E-state index is -1.53. The third-order valence-electron chi connectivity index (χ3n) is 10.9. The molecule has 2 heterocycles. The maximum atomic E-state index is 14.2. The number of nitrogens with one attached hydrogen (secondary N) is 6. The molecular formula is C40H71N11O9. The van der Waals surface area contributed by atoms with Gasteiger partial charge in [0.2, 0.25) is 47.3 Å². The van der Waals surface area contributed by atoms with Crippen molar-refractivity contribution in [3.63, 3.8) is 0 Å². The van der Waals surface area contributed by atoms with Crippen LogP contribution in [0.1, 0.15) is 113 Å². The van der Waals surface area contributed by atoms with Crippen LogP contribution < -0.4 is 43.4 Å². The lowest BCUT2D eigenvalue weighted by molar-refractivity contribution is -0.145. The number of rotatable bonds is 23. The van der Waals surface area contributed by atoms with Gasteiger partial charge in [-0.15, -0.1) is 0 Å². The predicted molar refractivity (Wildman–Crippen MR) is 224 cm³/mol. The van der Waals surface area contributed by atoms with E-state index in [1.165, 1.54) is 23.6 Å². The number of hydrogen-bond donors (Lipinski definition) is 9. The van der Waals surface area contributed by atoms with Gasteiger partial charge >= 0.3 is 0 Å². The maximum Gasteiger partial charge on any atom is 0.245 e. The Morgan fingerprint density at radius 1 is 0.700 bits per heavy atom. The topological polar surface area (TPSA) is 300 Å². The van der Waals surface area contributed by atoms with E-state index < -0.39 is 95.7 Å². The highest BCUT2D eigenvalue weighted by atomic mass is 16.3. The van der Waals surface area contributed by atoms with Crippen LogP contribution in [0.4, 0.5) is 0 Å². The Bertz CT molecular complexity index is 1540. The van der Waals surface area contributed by atoms with E-state index in [4.69, 9.17) is 11.5 Å². The first-order valence-corrected chi connectivity index (χ1v) is 21.4. The minimum absolute atomic E-state index is 0.118. The zero-order chi connectivity index (χ0) is 45.3. The molecule has 2 saturated heterocycles. The summed E-state index contributed by atoms with van der Waals surface area (Å²) in [4.78, 5) is 114. The van der Waals surface area contributed by atoms with Crippen molar-refractivity contribution in [2.45, 2.75) is 162 Å². The summed E-state index contributed by atoms with van der Waals surface area (Å²) in [6.45, 7) is 14.4. The van der Waals surface area contributed by atoms with E-state index in [0.29, 0.717) is 58.0 Å². The summed E-state index contributed by atoms with van der Waals surface area (Å²) in [6, 6.07) is -7.40. The molecule has 20 nitrogen and oxygen atoms in total. The Kier molecular flexibility index (Phi) is 21.2. The molecule has 0 aromatic rings. The number of nitrogens with zero attached hydrogens (tertiary/aromatic N) is 3. The molecule has 0 spiro atoms. The molecule has 8 amide bonds. The number of carbonyl (C=O) groups is 8. The molecule has 60 heavy (non-hydrogen) atoms. The Balaban J connectivity index is 2.28. The van der Waals surface area contributed by atoms with Crippen LogP contribution in [-0.2, 0) is 38.4 Å². The van der Waals surface area contributed by atoms with Crippen LogP contribution in [0.15, 0.2) is 4.99 Å². The van der Waals surface area contributed by atoms with Crippen molar-refractivity contribution in [3.05, 3.63) is 0 Å². The van der Waals surface area contributed by atoms with Crippen molar-refractivity contribution < 1.29 is 43.5 Å². The smallest absolute Gasteiger partial charge is 0.245 e. The van der Waals surface area contributed by atoms with Gasteiger partial charge in [0, 0.05) is 33.1 Å². The molecule has 340 valence electrons. The molecule has 2 fully saturated rings. The number of hydrogen-bond acceptors (Lipinski definition) is 10. The van der Waals surface area contributed by atoms with Gasteiger partial charge in [-0.25, -0.2) is 0 Å². The number of aliphatic imine (C=N–C) groups is 1. The van der Waals surface area contributed by atoms with Crippen molar-refractivity contribution in [2.24, 2.45) is 28.3 Å². The lowest BCUT2D eigenvalue weighted by Crippen LogP contribution is -2.62. The van der Waals surface area contributed by atoms with Gasteiger partial charge in [-0.05, 0) is 70.6 Å². The lowest BCUT2D eigenvalue weighted by Gasteiger charge is -2.32. The first-order valence-electron chi connectivity index (χ1n) is 21.4. The summed E-state index contributed by atoms with van der Waals surface area (Å²) in [7, 11) is 0. The second-order valence-electron chi connectivity index (χ2n) is 16.2. The predicted octanol–water partition coefficient (Wildman–Crippen LogP) is -1.51. The summed E-state index contributed by atoms with van der Waals surface area (Å²) in [5.74, 6) is -5.24. The van der Waals surface area contributed by atoms with Crippen molar-refractivity contribution >= 4 is 53.2 Å². The summed E-state index contributed by atoms with van der Waals surface area (Å²) < 4.78 is 0. The van der Waals surface area contributed by atoms with Crippen molar-refractivity contribution in [1.29, 1.82) is 0 Å². The fourth-order valence-corrected chi connectivity index (χ4v) is 7.48. The Hall–Kier alpha value is -5.01. The molecular weight excluding hydrogens is 779 g/mol. The van der Waals surface area contributed by atoms with Gasteiger partial charge in [0.1, 0.15) is 42.3 Å². The van der Waals surface area contributed by atoms with Crippen LogP contribution in [0.25, 0.3) is 0 Å². The highest BCUT2D eigenvalue weighted by molar-refractivity contribution is 5.98. The summed E-state index contributed by atoms with van der Waals surface area (Å²) in [5, 5.41) is 26.8. The highest BCUT2D eigenvalue weighted by Gasteiger charge is 2.42. The van der Waals surface area contributed by atoms with Crippen LogP contribution in [0.5, 0.6) is 0 Å². The van der Waals surface area contributed by atoms with Crippen LogP contribution >= 0.6 is 0 Å². The molecule has 11 N–H and O–H groups in total. The number of aliphatic hydroxyl groups excluding tert-OH is 1. The van der Waals surface area contributed by atoms with E-state index >= 15 is 0 Å². The van der Waals surface area contributed by atoms with Gasteiger partial charge in [-0.2, -0.15) is 0 Å². The van der Waals surface area contributed by atoms with Crippen molar-refractivity contribution in [1.82, 2.24) is 41.7 Å². The van der Waals surface area contributed by atoms with Gasteiger partial charge in [0.25, 0.3) is 0 Å². The number of guanidine groups is 1. The van der Waals surface area contributed by atoms with Gasteiger partial charge in [0.05, 0.1) is 6.10 Å². The first-order chi connectivity index (χ1) is 28.3. The van der Waals surface area contributed by atoms with Crippen LogP contribution in [0.2, 0.25) is 0 Å². The van der Waals surface area contributed by atoms with Crippen molar-refractivity contribution in [2.75, 3.05) is 26.2 Å². The number of likely N-dealkylation sites (N-methyl/N-ethyl adjacent to an activating group) is 1. The molecule has 9 atom stereocenters. The average Bonchev–Trinajstić information content (AvgIpc) is 3.89. The number of likely N-dealkylation sites (tertiary alicyclic amines) is 2. The molecule has 20 heteroatoms. The van der Waals surface area contributed by atoms with Crippen LogP contribution in [0, 0.1) is 11.8 Å². The van der Waals surface area contributed by atoms with E-state index in [9.17, 15) is 43.5 Å². The van der Waals surface area contributed by atoms with Gasteiger partial charge in [-0.1, -0.05) is 47.5 Å². The van der Waals surface area contributed by atoms with E-state index in [1.807, 2.05) is 13.8 Å². The number of amides is 8. The van der Waals surface area contributed by atoms with Gasteiger partial charge < -0.3 is 58.3 Å². The fraction of sp³-hybridized carbons (Fsp3) is 0.775. The molecule has 2 rings (SSSR count). The standard InChI is InChI=1S/C40H71N11O9/c1-9-15-26(47-37(58)32(24(7)52)49-36(57)31(23(6)10-2)48-35(56)30(22(4)5)45-25(8)53)38(59)51-21-14-18-29(51)34(55)46-27(16-12-19-44-40(41)42)39(60)50-20-13-17-28(50)33(54)43-11-3/h22-24,26-32,52H,9-21H2,1-8H3,(H,43,54)(H,45,53)(H,46,55)(H,47,58)(H,48,56)(H,49,57)(H4,41,42,44)/t23-,24+,26-,27-,28-,29-,30-,31+,32-/m0/s1. The molecule has 0 aromatic carbocycles. The molecule has 0 saturated carbocycles. The minimum Gasteiger partial charge on any atom is -0.391 e.